The van der Waals surface area contributed by atoms with Gasteiger partial charge >= 0.3 is 6.03 Å². The number of aromatic nitrogens is 2. The summed E-state index contributed by atoms with van der Waals surface area (Å²) in [5.74, 6) is -0.280. The maximum atomic E-state index is 12.4. The Labute approximate surface area is 192 Å². The van der Waals surface area contributed by atoms with Crippen molar-refractivity contribution in [2.75, 3.05) is 17.2 Å². The van der Waals surface area contributed by atoms with E-state index < -0.39 is 0 Å². The predicted octanol–water partition coefficient (Wildman–Crippen LogP) is 4.99. The molecule has 3 aromatic rings. The molecule has 0 aliphatic carbocycles. The lowest BCUT2D eigenvalue weighted by atomic mass is 10.1. The molecule has 0 aliphatic rings. The van der Waals surface area contributed by atoms with Gasteiger partial charge in [0.2, 0.25) is 5.91 Å². The summed E-state index contributed by atoms with van der Waals surface area (Å²) in [6.07, 6.45) is 3.23. The van der Waals surface area contributed by atoms with E-state index in [2.05, 4.69) is 21.0 Å². The molecule has 3 rings (SSSR count). The summed E-state index contributed by atoms with van der Waals surface area (Å²) >= 11 is 6.27. The standard InChI is InChI=1S/C24H26ClN5O2/c1-4-26-24(32)28-20-10-7-9-19(14-20)27-23(31)13-12-21-16(2)29-30(17(21)3)15-18-8-5-6-11-22(18)25/h5-14H,4,15H2,1-3H3,(H,27,31)(H2,26,28,32)/b13-12+. The van der Waals surface area contributed by atoms with Crippen LogP contribution >= 0.6 is 11.6 Å². The molecule has 0 fully saturated rings. The SMILES string of the molecule is CCNC(=O)Nc1cccc(NC(=O)/C=C/c2c(C)nn(Cc3ccccc3Cl)c2C)c1. The number of benzene rings is 2. The second kappa shape index (κ2) is 10.6. The molecule has 0 aliphatic heterocycles. The van der Waals surface area contributed by atoms with Crippen LogP contribution in [0.4, 0.5) is 16.2 Å². The summed E-state index contributed by atoms with van der Waals surface area (Å²) in [5.41, 5.74) is 4.81. The van der Waals surface area contributed by atoms with Gasteiger partial charge in [-0.05, 0) is 56.7 Å². The molecule has 8 heteroatoms. The van der Waals surface area contributed by atoms with E-state index in [-0.39, 0.29) is 11.9 Å². The van der Waals surface area contributed by atoms with Crippen LogP contribution in [-0.2, 0) is 11.3 Å². The van der Waals surface area contributed by atoms with Crippen molar-refractivity contribution in [2.24, 2.45) is 0 Å². The first-order valence-electron chi connectivity index (χ1n) is 10.3. The molecule has 3 N–H and O–H groups in total. The van der Waals surface area contributed by atoms with E-state index in [0.29, 0.717) is 29.5 Å². The summed E-state index contributed by atoms with van der Waals surface area (Å²) in [4.78, 5) is 24.1. The lowest BCUT2D eigenvalue weighted by Crippen LogP contribution is -2.28. The zero-order valence-electron chi connectivity index (χ0n) is 18.3. The smallest absolute Gasteiger partial charge is 0.319 e. The van der Waals surface area contributed by atoms with E-state index in [1.54, 1.807) is 30.3 Å². The zero-order chi connectivity index (χ0) is 23.1. The molecule has 0 saturated heterocycles. The molecule has 1 aromatic heterocycles. The van der Waals surface area contributed by atoms with Crippen molar-refractivity contribution >= 4 is 41.0 Å². The number of aryl methyl sites for hydroxylation is 1. The molecular formula is C24H26ClN5O2. The molecule has 3 amide bonds. The Kier molecular flexibility index (Phi) is 7.68. The lowest BCUT2D eigenvalue weighted by Gasteiger charge is -2.08. The van der Waals surface area contributed by atoms with Crippen molar-refractivity contribution in [3.63, 3.8) is 0 Å². The monoisotopic (exact) mass is 451 g/mol. The fourth-order valence-corrected chi connectivity index (χ4v) is 3.44. The van der Waals surface area contributed by atoms with Gasteiger partial charge < -0.3 is 16.0 Å². The van der Waals surface area contributed by atoms with Crippen molar-refractivity contribution in [1.82, 2.24) is 15.1 Å². The number of carbonyl (C=O) groups excluding carboxylic acids is 2. The number of hydrogen-bond donors (Lipinski definition) is 3. The Bertz CT molecular complexity index is 1150. The molecular weight excluding hydrogens is 426 g/mol. The Balaban J connectivity index is 1.68. The topological polar surface area (TPSA) is 88.1 Å². The number of rotatable bonds is 7. The fourth-order valence-electron chi connectivity index (χ4n) is 3.25. The van der Waals surface area contributed by atoms with Crippen molar-refractivity contribution < 1.29 is 9.59 Å². The highest BCUT2D eigenvalue weighted by molar-refractivity contribution is 6.31. The van der Waals surface area contributed by atoms with Crippen molar-refractivity contribution in [3.05, 3.63) is 82.1 Å². The molecule has 0 bridgehead atoms. The third-order valence-corrected chi connectivity index (χ3v) is 5.21. The van der Waals surface area contributed by atoms with Crippen molar-refractivity contribution in [1.29, 1.82) is 0 Å². The molecule has 7 nitrogen and oxygen atoms in total. The maximum absolute atomic E-state index is 12.4. The van der Waals surface area contributed by atoms with Crippen LogP contribution in [0, 0.1) is 13.8 Å². The highest BCUT2D eigenvalue weighted by atomic mass is 35.5. The summed E-state index contributed by atoms with van der Waals surface area (Å²) in [7, 11) is 0. The number of nitrogens with one attached hydrogen (secondary N) is 3. The number of nitrogens with zero attached hydrogens (tertiary/aromatic N) is 2. The number of hydrogen-bond acceptors (Lipinski definition) is 3. The molecule has 0 unspecified atom stereocenters. The van der Waals surface area contributed by atoms with E-state index >= 15 is 0 Å². The molecule has 0 atom stereocenters. The van der Waals surface area contributed by atoms with E-state index in [1.165, 1.54) is 6.08 Å². The minimum atomic E-state index is -0.296. The summed E-state index contributed by atoms with van der Waals surface area (Å²) < 4.78 is 1.88. The summed E-state index contributed by atoms with van der Waals surface area (Å²) in [6.45, 7) is 6.79. The molecule has 32 heavy (non-hydrogen) atoms. The van der Waals surface area contributed by atoms with E-state index in [1.807, 2.05) is 49.7 Å². The molecule has 2 aromatic carbocycles. The van der Waals surface area contributed by atoms with Crippen LogP contribution in [0.3, 0.4) is 0 Å². The highest BCUT2D eigenvalue weighted by Crippen LogP contribution is 2.20. The van der Waals surface area contributed by atoms with Gasteiger partial charge in [-0.3, -0.25) is 9.48 Å². The van der Waals surface area contributed by atoms with Gasteiger partial charge in [-0.25, -0.2) is 4.79 Å². The van der Waals surface area contributed by atoms with Gasteiger partial charge in [-0.15, -0.1) is 0 Å². The third-order valence-electron chi connectivity index (χ3n) is 4.84. The maximum Gasteiger partial charge on any atom is 0.319 e. The van der Waals surface area contributed by atoms with Crippen LogP contribution in [-0.4, -0.2) is 28.3 Å². The minimum Gasteiger partial charge on any atom is -0.338 e. The minimum absolute atomic E-state index is 0.280. The van der Waals surface area contributed by atoms with E-state index in [9.17, 15) is 9.59 Å². The largest absolute Gasteiger partial charge is 0.338 e. The molecule has 166 valence electrons. The Morgan fingerprint density at radius 2 is 1.78 bits per heavy atom. The van der Waals surface area contributed by atoms with Crippen molar-refractivity contribution in [3.8, 4) is 0 Å². The van der Waals surface area contributed by atoms with E-state index in [0.717, 1.165) is 22.5 Å². The van der Waals surface area contributed by atoms with Gasteiger partial charge in [0, 0.05) is 40.3 Å². The first kappa shape index (κ1) is 23.1. The highest BCUT2D eigenvalue weighted by Gasteiger charge is 2.11. The molecule has 0 spiro atoms. The Morgan fingerprint density at radius 3 is 2.50 bits per heavy atom. The summed E-state index contributed by atoms with van der Waals surface area (Å²) in [6, 6.07) is 14.3. The van der Waals surface area contributed by atoms with Crippen LogP contribution in [0.5, 0.6) is 0 Å². The van der Waals surface area contributed by atoms with Gasteiger partial charge in [-0.2, -0.15) is 5.10 Å². The predicted molar refractivity (Wildman–Crippen MR) is 129 cm³/mol. The number of carbonyl (C=O) groups is 2. The van der Waals surface area contributed by atoms with Gasteiger partial charge in [0.15, 0.2) is 0 Å². The molecule has 0 radical (unpaired) electrons. The number of halogens is 1. The normalized spacial score (nSPS) is 10.9. The first-order valence-corrected chi connectivity index (χ1v) is 10.7. The van der Waals surface area contributed by atoms with Crippen LogP contribution in [0.1, 0.15) is 29.4 Å². The van der Waals surface area contributed by atoms with Gasteiger partial charge in [-0.1, -0.05) is 35.9 Å². The number of urea groups is 1. The fraction of sp³-hybridized carbons (Fsp3) is 0.208. The molecule has 1 heterocycles. The van der Waals surface area contributed by atoms with Crippen molar-refractivity contribution in [2.45, 2.75) is 27.3 Å². The number of anilines is 2. The average Bonchev–Trinajstić information content (AvgIpc) is 3.01. The van der Waals surface area contributed by atoms with Gasteiger partial charge in [0.25, 0.3) is 0 Å². The lowest BCUT2D eigenvalue weighted by molar-refractivity contribution is -0.111. The van der Waals surface area contributed by atoms with Crippen LogP contribution in [0.15, 0.2) is 54.6 Å². The van der Waals surface area contributed by atoms with Crippen LogP contribution in [0.25, 0.3) is 6.08 Å². The van der Waals surface area contributed by atoms with E-state index in [4.69, 9.17) is 11.6 Å². The third kappa shape index (κ3) is 5.98. The summed E-state index contributed by atoms with van der Waals surface area (Å²) in [5, 5.41) is 13.5. The second-order valence-corrected chi connectivity index (χ2v) is 7.63. The average molecular weight is 452 g/mol. The Hall–Kier alpha value is -3.58. The molecule has 0 saturated carbocycles. The van der Waals surface area contributed by atoms with Crippen LogP contribution in [0.2, 0.25) is 5.02 Å². The van der Waals surface area contributed by atoms with Gasteiger partial charge in [0.05, 0.1) is 12.2 Å². The first-order chi connectivity index (χ1) is 15.4. The zero-order valence-corrected chi connectivity index (χ0v) is 19.0. The second-order valence-electron chi connectivity index (χ2n) is 7.22. The van der Waals surface area contributed by atoms with Gasteiger partial charge in [0.1, 0.15) is 0 Å². The number of amides is 3. The van der Waals surface area contributed by atoms with Crippen LogP contribution < -0.4 is 16.0 Å². The quantitative estimate of drug-likeness (QED) is 0.442. The Morgan fingerprint density at radius 1 is 1.06 bits per heavy atom.